The molecule has 2 aromatic carbocycles. The first-order valence-corrected chi connectivity index (χ1v) is 6.45. The van der Waals surface area contributed by atoms with Gasteiger partial charge in [-0.25, -0.2) is 4.79 Å². The number of fused-ring (bicyclic) bond motifs is 1. The van der Waals surface area contributed by atoms with Crippen LogP contribution in [0.1, 0.15) is 10.4 Å². The van der Waals surface area contributed by atoms with Crippen molar-refractivity contribution in [1.29, 1.82) is 0 Å². The molecule has 3 aromatic rings. The maximum absolute atomic E-state index is 11.5. The maximum atomic E-state index is 11.5. The van der Waals surface area contributed by atoms with Crippen LogP contribution in [0.5, 0.6) is 11.5 Å². The summed E-state index contributed by atoms with van der Waals surface area (Å²) >= 11 is 0. The summed E-state index contributed by atoms with van der Waals surface area (Å²) in [6, 6.07) is 9.69. The number of benzene rings is 2. The van der Waals surface area contributed by atoms with Gasteiger partial charge in [-0.05, 0) is 30.3 Å². The summed E-state index contributed by atoms with van der Waals surface area (Å²) in [7, 11) is 2.84. The molecule has 0 spiro atoms. The Bertz CT molecular complexity index is 857. The second-order valence-corrected chi connectivity index (χ2v) is 4.54. The average molecular weight is 299 g/mol. The van der Waals surface area contributed by atoms with Gasteiger partial charge in [-0.2, -0.15) is 0 Å². The Kier molecular flexibility index (Phi) is 3.38. The molecule has 0 saturated carbocycles. The monoisotopic (exact) mass is 299 g/mol. The molecule has 0 fully saturated rings. The summed E-state index contributed by atoms with van der Waals surface area (Å²) in [6.45, 7) is 0. The van der Waals surface area contributed by atoms with Gasteiger partial charge in [-0.1, -0.05) is 0 Å². The van der Waals surface area contributed by atoms with Crippen LogP contribution in [0.3, 0.4) is 0 Å². The molecule has 7 nitrogen and oxygen atoms in total. The van der Waals surface area contributed by atoms with E-state index in [0.29, 0.717) is 28.0 Å². The Morgan fingerprint density at radius 1 is 1.09 bits per heavy atom. The van der Waals surface area contributed by atoms with Crippen LogP contribution in [0.2, 0.25) is 0 Å². The average Bonchev–Trinajstić information content (AvgIpc) is 2.96. The minimum atomic E-state index is -0.441. The third-order valence-corrected chi connectivity index (χ3v) is 3.20. The summed E-state index contributed by atoms with van der Waals surface area (Å²) in [4.78, 5) is 12.8. The number of carbonyl (C=O) groups is 1. The van der Waals surface area contributed by atoms with Crippen LogP contribution in [0.15, 0.2) is 36.4 Å². The summed E-state index contributed by atoms with van der Waals surface area (Å²) < 4.78 is 9.71. The van der Waals surface area contributed by atoms with E-state index in [1.54, 1.807) is 30.3 Å². The highest BCUT2D eigenvalue weighted by atomic mass is 16.5. The molecule has 0 atom stereocenters. The molecule has 22 heavy (non-hydrogen) atoms. The fraction of sp³-hybridized carbons (Fsp3) is 0.133. The van der Waals surface area contributed by atoms with E-state index in [-0.39, 0.29) is 5.75 Å². The third kappa shape index (κ3) is 2.32. The molecular weight excluding hydrogens is 286 g/mol. The lowest BCUT2D eigenvalue weighted by Crippen LogP contribution is -2.00. The summed E-state index contributed by atoms with van der Waals surface area (Å²) in [5.74, 6) is 0.0857. The first kappa shape index (κ1) is 13.9. The second-order valence-electron chi connectivity index (χ2n) is 4.54. The van der Waals surface area contributed by atoms with Gasteiger partial charge in [0.1, 0.15) is 28.2 Å². The first-order valence-electron chi connectivity index (χ1n) is 6.45. The lowest BCUT2D eigenvalue weighted by molar-refractivity contribution is 0.0601. The molecule has 0 aliphatic heterocycles. The van der Waals surface area contributed by atoms with Crippen LogP contribution in [-0.4, -0.2) is 40.3 Å². The van der Waals surface area contributed by atoms with Crippen LogP contribution < -0.4 is 4.74 Å². The summed E-state index contributed by atoms with van der Waals surface area (Å²) in [6.07, 6.45) is 0. The second kappa shape index (κ2) is 5.36. The number of carbonyl (C=O) groups excluding carboxylic acids is 1. The minimum Gasteiger partial charge on any atom is -0.505 e. The minimum absolute atomic E-state index is 0.00662. The largest absolute Gasteiger partial charge is 0.505 e. The fourth-order valence-electron chi connectivity index (χ4n) is 2.07. The Balaban J connectivity index is 2.07. The molecule has 0 aliphatic carbocycles. The molecule has 0 unspecified atom stereocenters. The van der Waals surface area contributed by atoms with Crippen LogP contribution in [0.25, 0.3) is 16.7 Å². The number of phenolic OH excluding ortho intramolecular Hbond substituents is 1. The van der Waals surface area contributed by atoms with Crippen molar-refractivity contribution in [3.8, 4) is 17.2 Å². The van der Waals surface area contributed by atoms with Crippen molar-refractivity contribution < 1.29 is 19.4 Å². The summed E-state index contributed by atoms with van der Waals surface area (Å²) in [5.41, 5.74) is 1.93. The number of rotatable bonds is 3. The van der Waals surface area contributed by atoms with E-state index in [1.165, 1.54) is 25.1 Å². The predicted octanol–water partition coefficient (Wildman–Crippen LogP) is 1.92. The van der Waals surface area contributed by atoms with E-state index in [1.807, 2.05) is 0 Å². The number of aromatic nitrogens is 3. The van der Waals surface area contributed by atoms with E-state index < -0.39 is 5.97 Å². The fourth-order valence-corrected chi connectivity index (χ4v) is 2.07. The van der Waals surface area contributed by atoms with Gasteiger partial charge in [0.05, 0.1) is 19.8 Å². The number of hydrogen-bond donors (Lipinski definition) is 1. The molecule has 7 heteroatoms. The zero-order valence-corrected chi connectivity index (χ0v) is 12.0. The highest BCUT2D eigenvalue weighted by Gasteiger charge is 2.12. The van der Waals surface area contributed by atoms with Gasteiger partial charge in [0.15, 0.2) is 0 Å². The van der Waals surface area contributed by atoms with Crippen LogP contribution in [0.4, 0.5) is 0 Å². The SMILES string of the molecule is COC(=O)c1ccc2nn(-c3ccc(OC)cc3O)nc2c1. The van der Waals surface area contributed by atoms with E-state index in [4.69, 9.17) is 4.74 Å². The number of esters is 1. The maximum Gasteiger partial charge on any atom is 0.337 e. The third-order valence-electron chi connectivity index (χ3n) is 3.20. The normalized spacial score (nSPS) is 10.6. The van der Waals surface area contributed by atoms with E-state index >= 15 is 0 Å². The molecule has 0 saturated heterocycles. The topological polar surface area (TPSA) is 86.5 Å². The van der Waals surface area contributed by atoms with Crippen LogP contribution in [0, 0.1) is 0 Å². The standard InChI is InChI=1S/C15H13N3O4/c1-21-10-4-6-13(14(19)8-10)18-16-11-5-3-9(15(20)22-2)7-12(11)17-18/h3-8,19H,1-2H3. The van der Waals surface area contributed by atoms with Crippen LogP contribution >= 0.6 is 0 Å². The molecule has 1 aromatic heterocycles. The zero-order chi connectivity index (χ0) is 15.7. The van der Waals surface area contributed by atoms with Gasteiger partial charge in [0, 0.05) is 6.07 Å². The van der Waals surface area contributed by atoms with Crippen molar-refractivity contribution in [2.24, 2.45) is 0 Å². The molecule has 1 heterocycles. The van der Waals surface area contributed by atoms with Gasteiger partial charge in [0.2, 0.25) is 0 Å². The zero-order valence-electron chi connectivity index (χ0n) is 12.0. The number of nitrogens with zero attached hydrogens (tertiary/aromatic N) is 3. The molecule has 0 amide bonds. The Morgan fingerprint density at radius 2 is 1.86 bits per heavy atom. The lowest BCUT2D eigenvalue weighted by Gasteiger charge is -2.05. The molecular formula is C15H13N3O4. The van der Waals surface area contributed by atoms with Crippen molar-refractivity contribution in [3.05, 3.63) is 42.0 Å². The van der Waals surface area contributed by atoms with Crippen molar-refractivity contribution >= 4 is 17.0 Å². The van der Waals surface area contributed by atoms with Crippen molar-refractivity contribution in [2.45, 2.75) is 0 Å². The summed E-state index contributed by atoms with van der Waals surface area (Å²) in [5, 5.41) is 18.6. The number of phenols is 1. The number of hydrogen-bond acceptors (Lipinski definition) is 6. The van der Waals surface area contributed by atoms with E-state index in [0.717, 1.165) is 0 Å². The quantitative estimate of drug-likeness (QED) is 0.744. The lowest BCUT2D eigenvalue weighted by atomic mass is 10.2. The van der Waals surface area contributed by atoms with Gasteiger partial charge < -0.3 is 14.6 Å². The van der Waals surface area contributed by atoms with E-state index in [9.17, 15) is 9.90 Å². The number of ether oxygens (including phenoxy) is 2. The first-order chi connectivity index (χ1) is 10.6. The number of aromatic hydroxyl groups is 1. The Labute approximate surface area is 125 Å². The predicted molar refractivity (Wildman–Crippen MR) is 78.4 cm³/mol. The molecule has 3 rings (SSSR count). The van der Waals surface area contributed by atoms with Gasteiger partial charge in [-0.3, -0.25) is 0 Å². The Hall–Kier alpha value is -3.09. The van der Waals surface area contributed by atoms with Crippen molar-refractivity contribution in [2.75, 3.05) is 14.2 Å². The molecule has 1 N–H and O–H groups in total. The molecule has 0 radical (unpaired) electrons. The molecule has 0 bridgehead atoms. The highest BCUT2D eigenvalue weighted by molar-refractivity contribution is 5.93. The van der Waals surface area contributed by atoms with Crippen LogP contribution in [-0.2, 0) is 4.74 Å². The van der Waals surface area contributed by atoms with E-state index in [2.05, 4.69) is 14.9 Å². The highest BCUT2D eigenvalue weighted by Crippen LogP contribution is 2.26. The molecule has 112 valence electrons. The van der Waals surface area contributed by atoms with Gasteiger partial charge in [-0.15, -0.1) is 15.0 Å². The van der Waals surface area contributed by atoms with Gasteiger partial charge >= 0.3 is 5.97 Å². The smallest absolute Gasteiger partial charge is 0.337 e. The number of methoxy groups -OCH3 is 2. The van der Waals surface area contributed by atoms with Crippen molar-refractivity contribution in [3.63, 3.8) is 0 Å². The molecule has 0 aliphatic rings. The van der Waals surface area contributed by atoms with Crippen molar-refractivity contribution in [1.82, 2.24) is 15.0 Å². The Morgan fingerprint density at radius 3 is 2.55 bits per heavy atom. The van der Waals surface area contributed by atoms with Gasteiger partial charge in [0.25, 0.3) is 0 Å².